The van der Waals surface area contributed by atoms with E-state index < -0.39 is 44.7 Å². The molecule has 0 N–H and O–H groups in total. The molecular formula is C20H22O8S2. The second-order valence-corrected chi connectivity index (χ2v) is 10.5. The molecule has 4 rings (SSSR count). The Morgan fingerprint density at radius 1 is 0.667 bits per heavy atom. The van der Waals surface area contributed by atoms with Crippen LogP contribution in [0, 0.1) is 13.8 Å². The van der Waals surface area contributed by atoms with Crippen LogP contribution >= 0.6 is 0 Å². The SMILES string of the molecule is Cc1ccc(S(=O)(=O)O[C@H]2COC3[C@H](OS(=O)(=O)c4ccc(C)cc4)CO[C@@H]32)cc1. The molecule has 0 radical (unpaired) electrons. The summed E-state index contributed by atoms with van der Waals surface area (Å²) < 4.78 is 72.1. The average molecular weight is 455 g/mol. The third kappa shape index (κ3) is 4.29. The van der Waals surface area contributed by atoms with E-state index in [-0.39, 0.29) is 23.0 Å². The molecule has 2 saturated heterocycles. The van der Waals surface area contributed by atoms with E-state index in [1.165, 1.54) is 24.3 Å². The highest BCUT2D eigenvalue weighted by Gasteiger charge is 2.51. The van der Waals surface area contributed by atoms with Gasteiger partial charge in [-0.05, 0) is 38.1 Å². The highest BCUT2D eigenvalue weighted by Crippen LogP contribution is 2.33. The molecule has 0 amide bonds. The molecule has 0 bridgehead atoms. The minimum absolute atomic E-state index is 0.0318. The van der Waals surface area contributed by atoms with Gasteiger partial charge in [0.15, 0.2) is 0 Å². The predicted octanol–water partition coefficient (Wildman–Crippen LogP) is 1.95. The first-order valence-electron chi connectivity index (χ1n) is 9.39. The summed E-state index contributed by atoms with van der Waals surface area (Å²) in [6, 6.07) is 12.6. The molecule has 1 unspecified atom stereocenters. The first-order chi connectivity index (χ1) is 14.2. The maximum absolute atomic E-state index is 12.6. The number of hydrogen-bond acceptors (Lipinski definition) is 8. The molecule has 30 heavy (non-hydrogen) atoms. The topological polar surface area (TPSA) is 105 Å². The second kappa shape index (κ2) is 8.03. The maximum Gasteiger partial charge on any atom is 0.297 e. The zero-order valence-corrected chi connectivity index (χ0v) is 18.1. The molecule has 0 aliphatic carbocycles. The van der Waals surface area contributed by atoms with E-state index in [0.29, 0.717) is 0 Å². The van der Waals surface area contributed by atoms with Crippen molar-refractivity contribution in [2.45, 2.75) is 48.1 Å². The molecule has 2 heterocycles. The molecule has 162 valence electrons. The van der Waals surface area contributed by atoms with Crippen LogP contribution in [-0.4, -0.2) is 54.5 Å². The molecule has 0 spiro atoms. The zero-order chi connectivity index (χ0) is 21.5. The van der Waals surface area contributed by atoms with Crippen molar-refractivity contribution in [3.05, 3.63) is 59.7 Å². The van der Waals surface area contributed by atoms with Gasteiger partial charge in [-0.1, -0.05) is 35.4 Å². The van der Waals surface area contributed by atoms with Crippen molar-refractivity contribution in [2.24, 2.45) is 0 Å². The van der Waals surface area contributed by atoms with Gasteiger partial charge in [0.2, 0.25) is 0 Å². The van der Waals surface area contributed by atoms with E-state index in [9.17, 15) is 16.8 Å². The van der Waals surface area contributed by atoms with Gasteiger partial charge in [-0.25, -0.2) is 0 Å². The summed E-state index contributed by atoms with van der Waals surface area (Å²) >= 11 is 0. The van der Waals surface area contributed by atoms with Gasteiger partial charge in [0.1, 0.15) is 24.4 Å². The zero-order valence-electron chi connectivity index (χ0n) is 16.4. The predicted molar refractivity (Wildman–Crippen MR) is 106 cm³/mol. The summed E-state index contributed by atoms with van der Waals surface area (Å²) in [5.74, 6) is 0. The van der Waals surface area contributed by atoms with Gasteiger partial charge in [0.05, 0.1) is 23.0 Å². The van der Waals surface area contributed by atoms with Gasteiger partial charge < -0.3 is 9.47 Å². The summed E-state index contributed by atoms with van der Waals surface area (Å²) in [6.07, 6.45) is -3.28. The molecule has 8 nitrogen and oxygen atoms in total. The molecule has 2 aliphatic heterocycles. The van der Waals surface area contributed by atoms with Crippen molar-refractivity contribution in [3.8, 4) is 0 Å². The maximum atomic E-state index is 12.6. The second-order valence-electron chi connectivity index (χ2n) is 7.40. The van der Waals surface area contributed by atoms with Gasteiger partial charge in [0.25, 0.3) is 20.2 Å². The van der Waals surface area contributed by atoms with Gasteiger partial charge >= 0.3 is 0 Å². The van der Waals surface area contributed by atoms with Gasteiger partial charge in [-0.3, -0.25) is 8.37 Å². The first kappa shape index (κ1) is 21.4. The molecule has 10 heteroatoms. The van der Waals surface area contributed by atoms with Gasteiger partial charge in [-0.15, -0.1) is 0 Å². The summed E-state index contributed by atoms with van der Waals surface area (Å²) in [4.78, 5) is 0.0635. The van der Waals surface area contributed by atoms with Crippen molar-refractivity contribution < 1.29 is 34.7 Å². The molecule has 0 saturated carbocycles. The van der Waals surface area contributed by atoms with E-state index in [1.807, 2.05) is 13.8 Å². The third-order valence-electron chi connectivity index (χ3n) is 5.08. The minimum Gasteiger partial charge on any atom is -0.370 e. The Balaban J connectivity index is 1.44. The third-order valence-corrected chi connectivity index (χ3v) is 7.78. The van der Waals surface area contributed by atoms with Gasteiger partial charge in [-0.2, -0.15) is 16.8 Å². The highest BCUT2D eigenvalue weighted by molar-refractivity contribution is 7.87. The normalized spacial score (nSPS) is 26.6. The van der Waals surface area contributed by atoms with Crippen LogP contribution < -0.4 is 0 Å². The van der Waals surface area contributed by atoms with Crippen molar-refractivity contribution in [1.82, 2.24) is 0 Å². The fourth-order valence-electron chi connectivity index (χ4n) is 3.44. The summed E-state index contributed by atoms with van der Waals surface area (Å²) in [5, 5.41) is 0. The average Bonchev–Trinajstić information content (AvgIpc) is 3.26. The Kier molecular flexibility index (Phi) is 5.73. The van der Waals surface area contributed by atoms with Crippen molar-refractivity contribution in [1.29, 1.82) is 0 Å². The Labute approximate surface area is 176 Å². The minimum atomic E-state index is -4.02. The number of rotatable bonds is 6. The lowest BCUT2D eigenvalue weighted by Gasteiger charge is -2.17. The number of ether oxygens (including phenoxy) is 2. The van der Waals surface area contributed by atoms with Crippen molar-refractivity contribution in [3.63, 3.8) is 0 Å². The van der Waals surface area contributed by atoms with Crippen LogP contribution in [0.1, 0.15) is 11.1 Å². The lowest BCUT2D eigenvalue weighted by molar-refractivity contribution is 0.0220. The van der Waals surface area contributed by atoms with E-state index in [0.717, 1.165) is 11.1 Å². The molecule has 2 fully saturated rings. The Morgan fingerprint density at radius 2 is 1.00 bits per heavy atom. The number of benzene rings is 2. The van der Waals surface area contributed by atoms with Crippen LogP contribution in [0.4, 0.5) is 0 Å². The van der Waals surface area contributed by atoms with Crippen LogP contribution in [-0.2, 0) is 38.1 Å². The molecule has 2 aliphatic rings. The van der Waals surface area contributed by atoms with E-state index in [2.05, 4.69) is 0 Å². The monoisotopic (exact) mass is 454 g/mol. The van der Waals surface area contributed by atoms with Crippen LogP contribution in [0.2, 0.25) is 0 Å². The molecule has 2 aromatic carbocycles. The Morgan fingerprint density at radius 3 is 1.33 bits per heavy atom. The van der Waals surface area contributed by atoms with Crippen LogP contribution in [0.15, 0.2) is 58.3 Å². The fourth-order valence-corrected chi connectivity index (χ4v) is 5.58. The summed E-state index contributed by atoms with van der Waals surface area (Å²) in [7, 11) is -8.04. The lowest BCUT2D eigenvalue weighted by Crippen LogP contribution is -2.36. The first-order valence-corrected chi connectivity index (χ1v) is 12.2. The van der Waals surface area contributed by atoms with Crippen LogP contribution in [0.3, 0.4) is 0 Å². The van der Waals surface area contributed by atoms with Crippen molar-refractivity contribution in [2.75, 3.05) is 13.2 Å². The summed E-state index contributed by atoms with van der Waals surface area (Å²) in [6.45, 7) is 3.60. The summed E-state index contributed by atoms with van der Waals surface area (Å²) in [5.41, 5.74) is 1.85. The van der Waals surface area contributed by atoms with Crippen LogP contribution in [0.5, 0.6) is 0 Å². The van der Waals surface area contributed by atoms with E-state index in [4.69, 9.17) is 17.8 Å². The highest BCUT2D eigenvalue weighted by atomic mass is 32.2. The number of aryl methyl sites for hydroxylation is 2. The van der Waals surface area contributed by atoms with E-state index in [1.54, 1.807) is 24.3 Å². The number of hydrogen-bond donors (Lipinski definition) is 0. The fraction of sp³-hybridized carbons (Fsp3) is 0.400. The number of fused-ring (bicyclic) bond motifs is 1. The quantitative estimate of drug-likeness (QED) is 0.610. The standard InChI is InChI=1S/C20H22O8S2/c1-13-3-7-15(8-4-13)29(21,22)27-17-11-25-20-18(12-26-19(17)20)28-30(23,24)16-9-5-14(2)6-10-16/h3-10,17-20H,11-12H2,1-2H3/t17-,18+,19+,20?/m0/s1. The largest absolute Gasteiger partial charge is 0.370 e. The molecule has 4 atom stereocenters. The molecule has 0 aromatic heterocycles. The smallest absolute Gasteiger partial charge is 0.297 e. The van der Waals surface area contributed by atoms with E-state index >= 15 is 0 Å². The lowest BCUT2D eigenvalue weighted by atomic mass is 10.1. The molecular weight excluding hydrogens is 432 g/mol. The Hall–Kier alpha value is -1.82. The van der Waals surface area contributed by atoms with Crippen LogP contribution in [0.25, 0.3) is 0 Å². The van der Waals surface area contributed by atoms with Crippen molar-refractivity contribution >= 4 is 20.2 Å². The Bertz CT molecular complexity index is 1020. The molecule has 2 aromatic rings. The van der Waals surface area contributed by atoms with Gasteiger partial charge in [0, 0.05) is 0 Å².